The minimum absolute atomic E-state index is 0.0219. The first-order valence-corrected chi connectivity index (χ1v) is 11.1. The van der Waals surface area contributed by atoms with Crippen LogP contribution in [0.5, 0.6) is 0 Å². The topological polar surface area (TPSA) is 93.6 Å². The molecule has 1 aliphatic rings. The Hall–Kier alpha value is -1.61. The fourth-order valence-electron chi connectivity index (χ4n) is 2.77. The molecular weight excluding hydrogens is 364 g/mol. The first kappa shape index (κ1) is 19.7. The van der Waals surface area contributed by atoms with E-state index in [-0.39, 0.29) is 23.5 Å². The molecule has 1 aromatic rings. The summed E-state index contributed by atoms with van der Waals surface area (Å²) < 4.78 is 28.5. The van der Waals surface area contributed by atoms with E-state index >= 15 is 0 Å². The largest absolute Gasteiger partial charge is 0.452 e. The summed E-state index contributed by atoms with van der Waals surface area (Å²) in [6.45, 7) is 1.95. The Bertz CT molecular complexity index is 736. The van der Waals surface area contributed by atoms with E-state index in [1.807, 2.05) is 6.92 Å². The average Bonchev–Trinajstić information content (AvgIpc) is 2.96. The molecule has 0 unspecified atom stereocenters. The number of hydrogen-bond donors (Lipinski definition) is 0. The van der Waals surface area contributed by atoms with Gasteiger partial charge in [0.25, 0.3) is 5.91 Å². The van der Waals surface area contributed by atoms with Crippen LogP contribution in [0.1, 0.15) is 30.1 Å². The van der Waals surface area contributed by atoms with Gasteiger partial charge in [0, 0.05) is 18.8 Å². The molecule has 1 aliphatic heterocycles. The van der Waals surface area contributed by atoms with E-state index in [2.05, 4.69) is 4.98 Å². The Morgan fingerprint density at radius 2 is 2.20 bits per heavy atom. The van der Waals surface area contributed by atoms with E-state index in [4.69, 9.17) is 4.74 Å². The lowest BCUT2D eigenvalue weighted by Crippen LogP contribution is -2.43. The van der Waals surface area contributed by atoms with E-state index in [1.54, 1.807) is 24.6 Å². The zero-order chi connectivity index (χ0) is 18.4. The normalized spacial score (nSPS) is 18.7. The van der Waals surface area contributed by atoms with Crippen LogP contribution < -0.4 is 0 Å². The molecule has 25 heavy (non-hydrogen) atoms. The first-order valence-electron chi connectivity index (χ1n) is 8.04. The SMILES string of the molecule is CCCN(C(=O)COC(=O)c1cccnc1SC)[C@H]1CCS(=O)(=O)C1. The van der Waals surface area contributed by atoms with Gasteiger partial charge in [-0.05, 0) is 31.2 Å². The molecule has 0 saturated carbocycles. The molecule has 1 aromatic heterocycles. The van der Waals surface area contributed by atoms with Gasteiger partial charge in [-0.15, -0.1) is 11.8 Å². The zero-order valence-corrected chi connectivity index (χ0v) is 15.9. The highest BCUT2D eigenvalue weighted by molar-refractivity contribution is 7.98. The van der Waals surface area contributed by atoms with E-state index < -0.39 is 22.4 Å². The highest BCUT2D eigenvalue weighted by Crippen LogP contribution is 2.20. The Kier molecular flexibility index (Phi) is 6.83. The molecule has 9 heteroatoms. The van der Waals surface area contributed by atoms with Crippen molar-refractivity contribution >= 4 is 33.5 Å². The van der Waals surface area contributed by atoms with Gasteiger partial charge in [-0.25, -0.2) is 18.2 Å². The molecule has 2 heterocycles. The van der Waals surface area contributed by atoms with Gasteiger partial charge in [-0.3, -0.25) is 4.79 Å². The molecule has 0 aliphatic carbocycles. The maximum Gasteiger partial charge on any atom is 0.341 e. The minimum atomic E-state index is -3.09. The number of carbonyl (C=O) groups excluding carboxylic acids is 2. The number of pyridine rings is 1. The van der Waals surface area contributed by atoms with Crippen LogP contribution in [-0.4, -0.2) is 67.1 Å². The number of carbonyl (C=O) groups is 2. The van der Waals surface area contributed by atoms with Gasteiger partial charge < -0.3 is 9.64 Å². The lowest BCUT2D eigenvalue weighted by molar-refractivity contribution is -0.136. The summed E-state index contributed by atoms with van der Waals surface area (Å²) in [6.07, 6.45) is 4.52. The quantitative estimate of drug-likeness (QED) is 0.516. The van der Waals surface area contributed by atoms with Crippen molar-refractivity contribution in [3.8, 4) is 0 Å². The molecule has 0 spiro atoms. The molecule has 1 fully saturated rings. The second-order valence-corrected chi connectivity index (χ2v) is 8.80. The van der Waals surface area contributed by atoms with Crippen LogP contribution in [-0.2, 0) is 19.4 Å². The standard InChI is InChI=1S/C16H22N2O5S2/c1-3-8-18(12-6-9-25(21,22)11-12)14(19)10-23-16(20)13-5-4-7-17-15(13)24-2/h4-5,7,12H,3,6,8-11H2,1-2H3/t12-/m0/s1. The van der Waals surface area contributed by atoms with Gasteiger partial charge in [0.05, 0.1) is 17.1 Å². The van der Waals surface area contributed by atoms with Crippen LogP contribution in [0.15, 0.2) is 23.4 Å². The summed E-state index contributed by atoms with van der Waals surface area (Å²) in [5.41, 5.74) is 0.313. The summed E-state index contributed by atoms with van der Waals surface area (Å²) in [5.74, 6) is -0.905. The van der Waals surface area contributed by atoms with Crippen molar-refractivity contribution in [2.24, 2.45) is 0 Å². The number of esters is 1. The summed E-state index contributed by atoms with van der Waals surface area (Å²) in [7, 11) is -3.09. The summed E-state index contributed by atoms with van der Waals surface area (Å²) in [6, 6.07) is 2.89. The van der Waals surface area contributed by atoms with Crippen LogP contribution in [0.2, 0.25) is 0 Å². The van der Waals surface area contributed by atoms with Crippen molar-refractivity contribution in [1.29, 1.82) is 0 Å². The number of thioether (sulfide) groups is 1. The summed E-state index contributed by atoms with van der Waals surface area (Å²) in [4.78, 5) is 30.3. The van der Waals surface area contributed by atoms with Crippen LogP contribution in [0.4, 0.5) is 0 Å². The number of sulfone groups is 1. The van der Waals surface area contributed by atoms with Crippen molar-refractivity contribution in [2.75, 3.05) is 30.9 Å². The van der Waals surface area contributed by atoms with Crippen molar-refractivity contribution < 1.29 is 22.7 Å². The number of rotatable bonds is 7. The smallest absolute Gasteiger partial charge is 0.341 e. The van der Waals surface area contributed by atoms with Crippen molar-refractivity contribution in [3.05, 3.63) is 23.9 Å². The fraction of sp³-hybridized carbons (Fsp3) is 0.562. The Balaban J connectivity index is 2.00. The van der Waals surface area contributed by atoms with E-state index in [9.17, 15) is 18.0 Å². The number of hydrogen-bond acceptors (Lipinski definition) is 7. The molecule has 1 atom stereocenters. The van der Waals surface area contributed by atoms with E-state index in [0.717, 1.165) is 0 Å². The maximum atomic E-state index is 12.5. The molecule has 0 aromatic carbocycles. The third-order valence-corrected chi connectivity index (χ3v) is 6.41. The van der Waals surface area contributed by atoms with E-state index in [0.29, 0.717) is 30.0 Å². The number of aromatic nitrogens is 1. The molecule has 1 saturated heterocycles. The summed E-state index contributed by atoms with van der Waals surface area (Å²) in [5, 5.41) is 0.534. The molecule has 0 radical (unpaired) electrons. The molecular formula is C16H22N2O5S2. The molecule has 7 nitrogen and oxygen atoms in total. The van der Waals surface area contributed by atoms with Crippen molar-refractivity contribution in [3.63, 3.8) is 0 Å². The molecule has 0 N–H and O–H groups in total. The lowest BCUT2D eigenvalue weighted by atomic mass is 10.2. The Morgan fingerprint density at radius 1 is 1.44 bits per heavy atom. The van der Waals surface area contributed by atoms with Crippen molar-refractivity contribution in [1.82, 2.24) is 9.88 Å². The van der Waals surface area contributed by atoms with Crippen LogP contribution in [0.3, 0.4) is 0 Å². The van der Waals surface area contributed by atoms with Crippen LogP contribution >= 0.6 is 11.8 Å². The number of ether oxygens (including phenoxy) is 1. The Labute approximate surface area is 152 Å². The predicted molar refractivity (Wildman–Crippen MR) is 95.4 cm³/mol. The highest BCUT2D eigenvalue weighted by Gasteiger charge is 2.34. The highest BCUT2D eigenvalue weighted by atomic mass is 32.2. The van der Waals surface area contributed by atoms with Gasteiger partial charge >= 0.3 is 5.97 Å². The molecule has 138 valence electrons. The predicted octanol–water partition coefficient (Wildman–Crippen LogP) is 1.39. The van der Waals surface area contributed by atoms with Gasteiger partial charge in [0.1, 0.15) is 5.03 Å². The lowest BCUT2D eigenvalue weighted by Gasteiger charge is -2.27. The van der Waals surface area contributed by atoms with Crippen LogP contribution in [0.25, 0.3) is 0 Å². The Morgan fingerprint density at radius 3 is 2.80 bits per heavy atom. The molecule has 0 bridgehead atoms. The summed E-state index contributed by atoms with van der Waals surface area (Å²) >= 11 is 1.32. The maximum absolute atomic E-state index is 12.5. The number of nitrogens with zero attached hydrogens (tertiary/aromatic N) is 2. The third kappa shape index (κ3) is 5.18. The third-order valence-electron chi connectivity index (χ3n) is 3.95. The monoisotopic (exact) mass is 386 g/mol. The average molecular weight is 386 g/mol. The fourth-order valence-corrected chi connectivity index (χ4v) is 5.04. The first-order chi connectivity index (χ1) is 11.9. The zero-order valence-electron chi connectivity index (χ0n) is 14.3. The van der Waals surface area contributed by atoms with E-state index in [1.165, 1.54) is 16.7 Å². The van der Waals surface area contributed by atoms with Gasteiger partial charge in [-0.1, -0.05) is 6.92 Å². The molecule has 1 amide bonds. The van der Waals surface area contributed by atoms with Gasteiger partial charge in [-0.2, -0.15) is 0 Å². The van der Waals surface area contributed by atoms with Crippen LogP contribution in [0, 0.1) is 0 Å². The second kappa shape index (κ2) is 8.66. The second-order valence-electron chi connectivity index (χ2n) is 5.78. The minimum Gasteiger partial charge on any atom is -0.452 e. The van der Waals surface area contributed by atoms with Gasteiger partial charge in [0.2, 0.25) is 0 Å². The number of amides is 1. The van der Waals surface area contributed by atoms with Crippen molar-refractivity contribution in [2.45, 2.75) is 30.8 Å². The van der Waals surface area contributed by atoms with Gasteiger partial charge in [0.15, 0.2) is 16.4 Å². The molecule has 2 rings (SSSR count).